The molecule has 2 aromatic rings. The van der Waals surface area contributed by atoms with Crippen LogP contribution >= 0.6 is 0 Å². The topological polar surface area (TPSA) is 12.0 Å². The van der Waals surface area contributed by atoms with E-state index in [1.54, 1.807) is 0 Å². The third-order valence-electron chi connectivity index (χ3n) is 4.71. The molecule has 0 amide bonds. The van der Waals surface area contributed by atoms with Crippen LogP contribution in [0.15, 0.2) is 85.1 Å². The maximum absolute atomic E-state index is 3.43. The summed E-state index contributed by atoms with van der Waals surface area (Å²) in [4.78, 5) is 0. The summed E-state index contributed by atoms with van der Waals surface area (Å²) in [5, 5.41) is 3.43. The molecule has 1 heterocycles. The minimum Gasteiger partial charge on any atom is -0.384 e. The monoisotopic (exact) mass is 299 g/mol. The second-order valence-electron chi connectivity index (χ2n) is 6.30. The second kappa shape index (κ2) is 6.29. The van der Waals surface area contributed by atoms with Crippen LogP contribution in [0.3, 0.4) is 0 Å². The highest BCUT2D eigenvalue weighted by Gasteiger charge is 2.24. The van der Waals surface area contributed by atoms with Crippen LogP contribution in [-0.2, 0) is 6.42 Å². The van der Waals surface area contributed by atoms with Crippen LogP contribution < -0.4 is 5.32 Å². The largest absolute Gasteiger partial charge is 0.384 e. The zero-order chi connectivity index (χ0) is 15.5. The van der Waals surface area contributed by atoms with Gasteiger partial charge < -0.3 is 5.32 Å². The smallest absolute Gasteiger partial charge is 0.0482 e. The van der Waals surface area contributed by atoms with E-state index in [1.807, 2.05) is 12.3 Å². The van der Waals surface area contributed by atoms with Gasteiger partial charge in [-0.3, -0.25) is 0 Å². The van der Waals surface area contributed by atoms with E-state index in [0.29, 0.717) is 12.0 Å². The SMILES string of the molecule is C1=CNC(CC2=CC(Cc3ccccc3)c3ccccc32)C=C1. The summed E-state index contributed by atoms with van der Waals surface area (Å²) < 4.78 is 0. The molecule has 0 bridgehead atoms. The summed E-state index contributed by atoms with van der Waals surface area (Å²) >= 11 is 0. The van der Waals surface area contributed by atoms with E-state index in [0.717, 1.165) is 12.8 Å². The first-order valence-electron chi connectivity index (χ1n) is 8.33. The van der Waals surface area contributed by atoms with Crippen molar-refractivity contribution < 1.29 is 0 Å². The van der Waals surface area contributed by atoms with Crippen LogP contribution in [0.25, 0.3) is 5.57 Å². The summed E-state index contributed by atoms with van der Waals surface area (Å²) in [7, 11) is 0. The Morgan fingerprint density at radius 2 is 1.65 bits per heavy atom. The van der Waals surface area contributed by atoms with Crippen molar-refractivity contribution in [1.82, 2.24) is 5.32 Å². The molecule has 1 nitrogen and oxygen atoms in total. The number of hydrogen-bond acceptors (Lipinski definition) is 1. The van der Waals surface area contributed by atoms with Crippen molar-refractivity contribution in [2.24, 2.45) is 0 Å². The lowest BCUT2D eigenvalue weighted by atomic mass is 9.93. The molecule has 23 heavy (non-hydrogen) atoms. The van der Waals surface area contributed by atoms with Crippen molar-refractivity contribution in [3.05, 3.63) is 102 Å². The fourth-order valence-electron chi connectivity index (χ4n) is 3.60. The Morgan fingerprint density at radius 1 is 0.826 bits per heavy atom. The fraction of sp³-hybridized carbons (Fsp3) is 0.182. The molecule has 0 saturated carbocycles. The average Bonchev–Trinajstić information content (AvgIpc) is 2.95. The molecule has 0 saturated heterocycles. The predicted molar refractivity (Wildman–Crippen MR) is 97.1 cm³/mol. The van der Waals surface area contributed by atoms with E-state index in [2.05, 4.69) is 78.1 Å². The zero-order valence-electron chi connectivity index (χ0n) is 13.2. The summed E-state index contributed by atoms with van der Waals surface area (Å²) in [5.74, 6) is 0.492. The molecule has 1 aliphatic heterocycles. The highest BCUT2D eigenvalue weighted by Crippen LogP contribution is 2.39. The van der Waals surface area contributed by atoms with Crippen molar-refractivity contribution in [2.75, 3.05) is 0 Å². The van der Waals surface area contributed by atoms with Crippen molar-refractivity contribution in [3.8, 4) is 0 Å². The summed E-state index contributed by atoms with van der Waals surface area (Å²) in [6.45, 7) is 0. The van der Waals surface area contributed by atoms with Gasteiger partial charge in [0.2, 0.25) is 0 Å². The molecule has 1 N–H and O–H groups in total. The Hall–Kier alpha value is -2.54. The molecular weight excluding hydrogens is 278 g/mol. The average molecular weight is 299 g/mol. The molecule has 0 radical (unpaired) electrons. The summed E-state index contributed by atoms with van der Waals surface area (Å²) in [5.41, 5.74) is 5.78. The van der Waals surface area contributed by atoms with Crippen molar-refractivity contribution in [3.63, 3.8) is 0 Å². The lowest BCUT2D eigenvalue weighted by molar-refractivity contribution is 0.711. The van der Waals surface area contributed by atoms with Gasteiger partial charge in [-0.15, -0.1) is 0 Å². The zero-order valence-corrected chi connectivity index (χ0v) is 13.2. The van der Waals surface area contributed by atoms with Gasteiger partial charge in [0.15, 0.2) is 0 Å². The normalized spacial score (nSPS) is 21.7. The lowest BCUT2D eigenvalue weighted by Crippen LogP contribution is -2.23. The first-order valence-corrected chi connectivity index (χ1v) is 8.33. The van der Waals surface area contributed by atoms with Gasteiger partial charge in [0.25, 0.3) is 0 Å². The second-order valence-corrected chi connectivity index (χ2v) is 6.30. The number of benzene rings is 2. The predicted octanol–water partition coefficient (Wildman–Crippen LogP) is 4.84. The van der Waals surface area contributed by atoms with E-state index in [4.69, 9.17) is 0 Å². The van der Waals surface area contributed by atoms with Gasteiger partial charge >= 0.3 is 0 Å². The van der Waals surface area contributed by atoms with Crippen molar-refractivity contribution in [1.29, 1.82) is 0 Å². The van der Waals surface area contributed by atoms with Crippen LogP contribution in [0.4, 0.5) is 0 Å². The van der Waals surface area contributed by atoms with Crippen LogP contribution in [0.2, 0.25) is 0 Å². The quantitative estimate of drug-likeness (QED) is 0.851. The standard InChI is InChI=1S/C22H21N/c1-2-8-17(9-3-1)14-18-15-19(16-20-10-6-7-13-23-20)22-12-5-4-11-21(18)22/h1-13,15,18,20,23H,14,16H2. The molecule has 2 unspecified atom stereocenters. The van der Waals surface area contributed by atoms with E-state index >= 15 is 0 Å². The first kappa shape index (κ1) is 14.1. The lowest BCUT2D eigenvalue weighted by Gasteiger charge is -2.16. The number of fused-ring (bicyclic) bond motifs is 1. The van der Waals surface area contributed by atoms with Gasteiger partial charge in [-0.25, -0.2) is 0 Å². The van der Waals surface area contributed by atoms with E-state index in [9.17, 15) is 0 Å². The molecule has 1 heteroatoms. The van der Waals surface area contributed by atoms with Crippen LogP contribution in [-0.4, -0.2) is 6.04 Å². The number of allylic oxidation sites excluding steroid dienone is 3. The number of hydrogen-bond donors (Lipinski definition) is 1. The molecule has 114 valence electrons. The Kier molecular flexibility index (Phi) is 3.85. The van der Waals surface area contributed by atoms with Crippen LogP contribution in [0, 0.1) is 0 Å². The van der Waals surface area contributed by atoms with Gasteiger partial charge in [0, 0.05) is 12.0 Å². The van der Waals surface area contributed by atoms with Gasteiger partial charge in [0.05, 0.1) is 0 Å². The summed E-state index contributed by atoms with van der Waals surface area (Å²) in [6.07, 6.45) is 13.1. The molecule has 0 fully saturated rings. The molecule has 1 aliphatic carbocycles. The maximum atomic E-state index is 3.43. The number of rotatable bonds is 4. The van der Waals surface area contributed by atoms with Gasteiger partial charge in [-0.05, 0) is 47.4 Å². The van der Waals surface area contributed by atoms with E-state index in [-0.39, 0.29) is 0 Å². The highest BCUT2D eigenvalue weighted by molar-refractivity contribution is 5.75. The Bertz CT molecular complexity index is 768. The first-order chi connectivity index (χ1) is 11.4. The third-order valence-corrected chi connectivity index (χ3v) is 4.71. The molecule has 0 aromatic heterocycles. The molecule has 0 spiro atoms. The van der Waals surface area contributed by atoms with E-state index < -0.39 is 0 Å². The van der Waals surface area contributed by atoms with Gasteiger partial charge in [0.1, 0.15) is 0 Å². The number of dihydropyridines is 1. The highest BCUT2D eigenvalue weighted by atomic mass is 14.9. The van der Waals surface area contributed by atoms with Gasteiger partial charge in [-0.2, -0.15) is 0 Å². The van der Waals surface area contributed by atoms with E-state index in [1.165, 1.54) is 22.3 Å². The minimum absolute atomic E-state index is 0.398. The summed E-state index contributed by atoms with van der Waals surface area (Å²) in [6, 6.07) is 20.1. The van der Waals surface area contributed by atoms with Crippen LogP contribution in [0.1, 0.15) is 29.0 Å². The molecule has 4 rings (SSSR count). The fourth-order valence-corrected chi connectivity index (χ4v) is 3.60. The Labute approximate surface area is 138 Å². The van der Waals surface area contributed by atoms with Crippen LogP contribution in [0.5, 0.6) is 0 Å². The molecular formula is C22H21N. The number of nitrogens with one attached hydrogen (secondary N) is 1. The molecule has 2 aliphatic rings. The Balaban J connectivity index is 1.59. The van der Waals surface area contributed by atoms with Crippen molar-refractivity contribution in [2.45, 2.75) is 24.8 Å². The minimum atomic E-state index is 0.398. The third kappa shape index (κ3) is 3.00. The van der Waals surface area contributed by atoms with Crippen molar-refractivity contribution >= 4 is 5.57 Å². The molecule has 2 aromatic carbocycles. The molecule has 2 atom stereocenters. The maximum Gasteiger partial charge on any atom is 0.0482 e. The van der Waals surface area contributed by atoms with Gasteiger partial charge in [-0.1, -0.05) is 72.8 Å². The Morgan fingerprint density at radius 3 is 2.48 bits per heavy atom.